The van der Waals surface area contributed by atoms with Gasteiger partial charge in [-0.1, -0.05) is 41.0 Å². The number of halogens is 2. The average molecular weight is 520 g/mol. The quantitative estimate of drug-likeness (QED) is 0.286. The van der Waals surface area contributed by atoms with Gasteiger partial charge in [0.2, 0.25) is 5.91 Å². The Balaban J connectivity index is 1.55. The Labute approximate surface area is 211 Å². The molecule has 0 saturated carbocycles. The highest BCUT2D eigenvalue weighted by Gasteiger charge is 2.15. The molecule has 0 fully saturated rings. The monoisotopic (exact) mass is 519 g/mol. The van der Waals surface area contributed by atoms with E-state index in [4.69, 9.17) is 27.9 Å². The van der Waals surface area contributed by atoms with Crippen molar-refractivity contribution in [2.24, 2.45) is 0 Å². The van der Waals surface area contributed by atoms with Crippen molar-refractivity contribution in [3.05, 3.63) is 76.6 Å². The molecule has 0 spiro atoms. The van der Waals surface area contributed by atoms with Crippen LogP contribution < -0.4 is 15.4 Å². The van der Waals surface area contributed by atoms with E-state index in [2.05, 4.69) is 27.4 Å². The van der Waals surface area contributed by atoms with Gasteiger partial charge in [0.05, 0.1) is 23.6 Å². The largest absolute Gasteiger partial charge is 0.497 e. The van der Waals surface area contributed by atoms with Crippen LogP contribution >= 0.6 is 35.0 Å². The topological polar surface area (TPSA) is 98.1 Å². The molecule has 0 aliphatic heterocycles. The van der Waals surface area contributed by atoms with Crippen LogP contribution in [0.15, 0.2) is 60.3 Å². The van der Waals surface area contributed by atoms with Crippen LogP contribution in [-0.4, -0.2) is 46.0 Å². The Morgan fingerprint density at radius 1 is 1.18 bits per heavy atom. The molecule has 0 unspecified atom stereocenters. The van der Waals surface area contributed by atoms with Crippen LogP contribution in [0, 0.1) is 0 Å². The number of anilines is 1. The summed E-state index contributed by atoms with van der Waals surface area (Å²) in [6.07, 6.45) is 2.19. The molecular weight excluding hydrogens is 497 g/mol. The third-order valence-corrected chi connectivity index (χ3v) is 6.14. The molecule has 8 nitrogen and oxygen atoms in total. The third-order valence-electron chi connectivity index (χ3n) is 4.63. The van der Waals surface area contributed by atoms with Gasteiger partial charge in [-0.15, -0.1) is 16.8 Å². The van der Waals surface area contributed by atoms with E-state index in [0.717, 1.165) is 0 Å². The normalized spacial score (nSPS) is 10.6. The SMILES string of the molecule is C=CCn1c(CCNC(=O)c2ccc(OC)cc2)nnc1SCC(=O)Nc1ccc(Cl)cc1Cl. The highest BCUT2D eigenvalue weighted by Crippen LogP contribution is 2.26. The minimum absolute atomic E-state index is 0.114. The number of nitrogens with one attached hydrogen (secondary N) is 2. The number of carbonyl (C=O) groups excluding carboxylic acids is 2. The van der Waals surface area contributed by atoms with E-state index in [0.29, 0.717) is 57.5 Å². The minimum Gasteiger partial charge on any atom is -0.497 e. The maximum absolute atomic E-state index is 12.4. The van der Waals surface area contributed by atoms with Gasteiger partial charge in [0.25, 0.3) is 5.91 Å². The predicted octanol–water partition coefficient (Wildman–Crippen LogP) is 4.48. The molecule has 178 valence electrons. The van der Waals surface area contributed by atoms with E-state index in [1.165, 1.54) is 11.8 Å². The summed E-state index contributed by atoms with van der Waals surface area (Å²) < 4.78 is 6.97. The van der Waals surface area contributed by atoms with E-state index in [9.17, 15) is 9.59 Å². The smallest absolute Gasteiger partial charge is 0.251 e. The minimum atomic E-state index is -0.240. The number of benzene rings is 2. The number of hydrogen-bond donors (Lipinski definition) is 2. The lowest BCUT2D eigenvalue weighted by molar-refractivity contribution is -0.113. The van der Waals surface area contributed by atoms with Crippen molar-refractivity contribution in [3.63, 3.8) is 0 Å². The molecule has 1 aromatic heterocycles. The van der Waals surface area contributed by atoms with Crippen LogP contribution in [0.4, 0.5) is 5.69 Å². The number of carbonyl (C=O) groups is 2. The van der Waals surface area contributed by atoms with E-state index < -0.39 is 0 Å². The molecule has 0 radical (unpaired) electrons. The fourth-order valence-electron chi connectivity index (χ4n) is 2.96. The summed E-state index contributed by atoms with van der Waals surface area (Å²) in [5, 5.41) is 15.5. The highest BCUT2D eigenvalue weighted by molar-refractivity contribution is 7.99. The van der Waals surface area contributed by atoms with Gasteiger partial charge in [0.15, 0.2) is 5.16 Å². The number of allylic oxidation sites excluding steroid dienone is 1. The van der Waals surface area contributed by atoms with Crippen LogP contribution in [-0.2, 0) is 17.8 Å². The number of rotatable bonds is 11. The summed E-state index contributed by atoms with van der Waals surface area (Å²) in [6.45, 7) is 4.63. The molecule has 3 aromatic rings. The third kappa shape index (κ3) is 6.99. The zero-order chi connectivity index (χ0) is 24.5. The van der Waals surface area contributed by atoms with Gasteiger partial charge in [-0.05, 0) is 42.5 Å². The van der Waals surface area contributed by atoms with Gasteiger partial charge in [-0.25, -0.2) is 0 Å². The molecule has 0 bridgehead atoms. The molecule has 3 rings (SSSR count). The highest BCUT2D eigenvalue weighted by atomic mass is 35.5. The Morgan fingerprint density at radius 2 is 1.94 bits per heavy atom. The number of methoxy groups -OCH3 is 1. The molecule has 11 heteroatoms. The Kier molecular flexibility index (Phi) is 9.38. The molecule has 0 aliphatic carbocycles. The molecule has 0 saturated heterocycles. The van der Waals surface area contributed by atoms with Crippen LogP contribution in [0.25, 0.3) is 0 Å². The lowest BCUT2D eigenvalue weighted by Gasteiger charge is -2.10. The Bertz CT molecular complexity index is 1170. The lowest BCUT2D eigenvalue weighted by Crippen LogP contribution is -2.26. The second-order valence-corrected chi connectivity index (χ2v) is 8.78. The van der Waals surface area contributed by atoms with Crippen molar-refractivity contribution in [2.45, 2.75) is 18.1 Å². The van der Waals surface area contributed by atoms with Crippen LogP contribution in [0.5, 0.6) is 5.75 Å². The van der Waals surface area contributed by atoms with Crippen molar-refractivity contribution in [3.8, 4) is 5.75 Å². The van der Waals surface area contributed by atoms with Gasteiger partial charge in [-0.2, -0.15) is 0 Å². The van der Waals surface area contributed by atoms with Crippen LogP contribution in [0.2, 0.25) is 10.0 Å². The van der Waals surface area contributed by atoms with E-state index in [1.54, 1.807) is 55.7 Å². The zero-order valence-electron chi connectivity index (χ0n) is 18.4. The summed E-state index contributed by atoms with van der Waals surface area (Å²) in [4.78, 5) is 24.7. The van der Waals surface area contributed by atoms with E-state index in [-0.39, 0.29) is 17.6 Å². The maximum Gasteiger partial charge on any atom is 0.251 e. The fraction of sp³-hybridized carbons (Fsp3) is 0.217. The number of aromatic nitrogens is 3. The number of amides is 2. The first-order valence-electron chi connectivity index (χ1n) is 10.2. The molecular formula is C23H23Cl2N5O3S. The summed E-state index contributed by atoms with van der Waals surface area (Å²) in [5.41, 5.74) is 1.02. The molecule has 34 heavy (non-hydrogen) atoms. The van der Waals surface area contributed by atoms with E-state index >= 15 is 0 Å². The first-order valence-corrected chi connectivity index (χ1v) is 12.0. The maximum atomic E-state index is 12.4. The van der Waals surface area contributed by atoms with Gasteiger partial charge in [0, 0.05) is 30.1 Å². The first kappa shape index (κ1) is 25.6. The van der Waals surface area contributed by atoms with Crippen LogP contribution in [0.3, 0.4) is 0 Å². The number of hydrogen-bond acceptors (Lipinski definition) is 6. The second kappa shape index (κ2) is 12.5. The van der Waals surface area contributed by atoms with Gasteiger partial charge in [-0.3, -0.25) is 9.59 Å². The predicted molar refractivity (Wildman–Crippen MR) is 135 cm³/mol. The second-order valence-electron chi connectivity index (χ2n) is 6.99. The van der Waals surface area contributed by atoms with Crippen molar-refractivity contribution < 1.29 is 14.3 Å². The lowest BCUT2D eigenvalue weighted by atomic mass is 10.2. The van der Waals surface area contributed by atoms with Crippen molar-refractivity contribution in [1.29, 1.82) is 0 Å². The summed E-state index contributed by atoms with van der Waals surface area (Å²) in [5.74, 6) is 1.05. The molecule has 2 N–H and O–H groups in total. The van der Waals surface area contributed by atoms with Crippen molar-refractivity contribution in [1.82, 2.24) is 20.1 Å². The standard InChI is InChI=1S/C23H23Cl2N5O3S/c1-3-12-30-20(10-11-26-22(32)15-4-7-17(33-2)8-5-15)28-29-23(30)34-14-21(31)27-19-9-6-16(24)13-18(19)25/h3-9,13H,1,10-12,14H2,2H3,(H,26,32)(H,27,31). The summed E-state index contributed by atoms with van der Waals surface area (Å²) in [7, 11) is 1.57. The molecule has 0 atom stereocenters. The van der Waals surface area contributed by atoms with Crippen LogP contribution in [0.1, 0.15) is 16.2 Å². The fourth-order valence-corrected chi connectivity index (χ4v) is 4.19. The van der Waals surface area contributed by atoms with Gasteiger partial charge < -0.3 is 19.9 Å². The zero-order valence-corrected chi connectivity index (χ0v) is 20.7. The molecule has 0 aliphatic rings. The van der Waals surface area contributed by atoms with Gasteiger partial charge >= 0.3 is 0 Å². The molecule has 2 amide bonds. The summed E-state index contributed by atoms with van der Waals surface area (Å²) in [6, 6.07) is 11.7. The van der Waals surface area contributed by atoms with E-state index in [1.807, 2.05) is 4.57 Å². The Hall–Kier alpha value is -3.01. The van der Waals surface area contributed by atoms with Gasteiger partial charge in [0.1, 0.15) is 11.6 Å². The molecule has 2 aromatic carbocycles. The van der Waals surface area contributed by atoms with Crippen molar-refractivity contribution in [2.75, 3.05) is 24.7 Å². The molecule has 1 heterocycles. The summed E-state index contributed by atoms with van der Waals surface area (Å²) >= 11 is 13.2. The average Bonchev–Trinajstić information content (AvgIpc) is 3.21. The Morgan fingerprint density at radius 3 is 2.62 bits per heavy atom. The number of nitrogens with zero attached hydrogens (tertiary/aromatic N) is 3. The number of ether oxygens (including phenoxy) is 1. The number of thioether (sulfide) groups is 1. The first-order chi connectivity index (χ1) is 16.4. The van der Waals surface area contributed by atoms with Crippen molar-refractivity contribution >= 4 is 52.5 Å².